The lowest BCUT2D eigenvalue weighted by atomic mass is 9.74. The molecule has 4 aromatic carbocycles. The first-order valence-corrected chi connectivity index (χ1v) is 16.9. The Bertz CT molecular complexity index is 1910. The average Bonchev–Trinajstić information content (AvgIpc) is 3.19. The van der Waals surface area contributed by atoms with Crippen LogP contribution in [0.25, 0.3) is 11.1 Å². The standard InChI is InChI=1S/C40H38ClFN4O3/c1-2-10-30(37(43)47)32(22-25-11-8-12-25)39(48)45-38-40(49)46(24-26-13-9-16-28(21-26)29-19-20-34(42)33(41)23-29)35-18-7-6-17-31(35)36(44-38)27-14-4-3-5-15-27/h2-7,9,13-21,23,25,30,32,38H,1,8,10-12,22,24H2,(H2,43,47)(H,45,48). The van der Waals surface area contributed by atoms with Crippen molar-refractivity contribution in [2.24, 2.45) is 28.5 Å². The van der Waals surface area contributed by atoms with E-state index in [-0.39, 0.29) is 18.0 Å². The summed E-state index contributed by atoms with van der Waals surface area (Å²) in [5, 5.41) is 2.96. The Morgan fingerprint density at radius 1 is 0.959 bits per heavy atom. The number of carbonyl (C=O) groups is 3. The maximum atomic E-state index is 14.6. The lowest BCUT2D eigenvalue weighted by molar-refractivity contribution is -0.136. The summed E-state index contributed by atoms with van der Waals surface area (Å²) >= 11 is 6.08. The molecule has 250 valence electrons. The molecule has 0 spiro atoms. The number of halogens is 2. The molecular weight excluding hydrogens is 639 g/mol. The first-order valence-electron chi connectivity index (χ1n) is 16.5. The number of rotatable bonds is 12. The fraction of sp³-hybridized carbons (Fsp3) is 0.250. The molecule has 3 N–H and O–H groups in total. The lowest BCUT2D eigenvalue weighted by Crippen LogP contribution is -2.51. The van der Waals surface area contributed by atoms with Crippen molar-refractivity contribution in [1.82, 2.24) is 5.32 Å². The van der Waals surface area contributed by atoms with E-state index in [1.165, 1.54) is 6.07 Å². The van der Waals surface area contributed by atoms with Gasteiger partial charge in [-0.25, -0.2) is 9.38 Å². The van der Waals surface area contributed by atoms with Crippen LogP contribution in [-0.2, 0) is 20.9 Å². The Hall–Kier alpha value is -5.08. The minimum absolute atomic E-state index is 0.0194. The van der Waals surface area contributed by atoms with E-state index in [0.29, 0.717) is 23.7 Å². The summed E-state index contributed by atoms with van der Waals surface area (Å²) in [4.78, 5) is 48.0. The normalized spacial score (nSPS) is 17.2. The molecule has 0 saturated heterocycles. The van der Waals surface area contributed by atoms with Crippen LogP contribution in [0, 0.1) is 23.6 Å². The highest BCUT2D eigenvalue weighted by Gasteiger charge is 2.39. The van der Waals surface area contributed by atoms with Crippen molar-refractivity contribution in [2.45, 2.75) is 44.8 Å². The maximum Gasteiger partial charge on any atom is 0.272 e. The van der Waals surface area contributed by atoms with Gasteiger partial charge in [-0.3, -0.25) is 14.4 Å². The molecule has 0 radical (unpaired) electrons. The van der Waals surface area contributed by atoms with Crippen LogP contribution < -0.4 is 16.0 Å². The number of benzodiazepines with no additional fused rings is 1. The predicted octanol–water partition coefficient (Wildman–Crippen LogP) is 7.46. The van der Waals surface area contributed by atoms with Crippen molar-refractivity contribution >= 4 is 40.7 Å². The van der Waals surface area contributed by atoms with Crippen LogP contribution in [-0.4, -0.2) is 29.6 Å². The van der Waals surface area contributed by atoms with Gasteiger partial charge in [-0.05, 0) is 59.7 Å². The summed E-state index contributed by atoms with van der Waals surface area (Å²) in [5.74, 6) is -3.13. The van der Waals surface area contributed by atoms with Gasteiger partial charge in [0.05, 0.1) is 34.8 Å². The largest absolute Gasteiger partial charge is 0.369 e. The van der Waals surface area contributed by atoms with Gasteiger partial charge in [-0.1, -0.05) is 110 Å². The van der Waals surface area contributed by atoms with E-state index in [9.17, 15) is 18.8 Å². The smallest absolute Gasteiger partial charge is 0.272 e. The van der Waals surface area contributed by atoms with Gasteiger partial charge in [0.1, 0.15) is 5.82 Å². The molecule has 3 unspecified atom stereocenters. The highest BCUT2D eigenvalue weighted by atomic mass is 35.5. The molecule has 1 heterocycles. The van der Waals surface area contributed by atoms with Crippen molar-refractivity contribution in [2.75, 3.05) is 4.90 Å². The zero-order valence-corrected chi connectivity index (χ0v) is 27.8. The third-order valence-electron chi connectivity index (χ3n) is 9.48. The molecule has 3 atom stereocenters. The lowest BCUT2D eigenvalue weighted by Gasteiger charge is -2.33. The molecular formula is C40H38ClFN4O3. The van der Waals surface area contributed by atoms with Crippen molar-refractivity contribution in [3.63, 3.8) is 0 Å². The topological polar surface area (TPSA) is 105 Å². The number of hydrogen-bond acceptors (Lipinski definition) is 4. The van der Waals surface area contributed by atoms with E-state index < -0.39 is 41.5 Å². The van der Waals surface area contributed by atoms with Gasteiger partial charge in [0, 0.05) is 11.1 Å². The van der Waals surface area contributed by atoms with Crippen LogP contribution in [0.1, 0.15) is 48.8 Å². The minimum atomic E-state index is -1.28. The van der Waals surface area contributed by atoms with E-state index in [0.717, 1.165) is 47.1 Å². The molecule has 1 aliphatic carbocycles. The van der Waals surface area contributed by atoms with E-state index in [4.69, 9.17) is 22.3 Å². The van der Waals surface area contributed by atoms with Gasteiger partial charge in [0.15, 0.2) is 0 Å². The van der Waals surface area contributed by atoms with Gasteiger partial charge in [0.25, 0.3) is 5.91 Å². The number of benzene rings is 4. The van der Waals surface area contributed by atoms with Crippen molar-refractivity contribution in [3.8, 4) is 11.1 Å². The number of primary amides is 1. The maximum absolute atomic E-state index is 14.6. The molecule has 1 aliphatic heterocycles. The fourth-order valence-electron chi connectivity index (χ4n) is 6.66. The summed E-state index contributed by atoms with van der Waals surface area (Å²) in [6, 6.07) is 29.2. The second-order valence-corrected chi connectivity index (χ2v) is 13.1. The van der Waals surface area contributed by atoms with Crippen LogP contribution in [0.4, 0.5) is 10.1 Å². The van der Waals surface area contributed by atoms with Gasteiger partial charge >= 0.3 is 0 Å². The third-order valence-corrected chi connectivity index (χ3v) is 9.77. The molecule has 49 heavy (non-hydrogen) atoms. The van der Waals surface area contributed by atoms with Crippen LogP contribution >= 0.6 is 11.6 Å². The van der Waals surface area contributed by atoms with Crippen LogP contribution in [0.5, 0.6) is 0 Å². The summed E-state index contributed by atoms with van der Waals surface area (Å²) in [6.45, 7) is 3.94. The number of carbonyl (C=O) groups excluding carboxylic acids is 3. The second-order valence-electron chi connectivity index (χ2n) is 12.7. The Balaban J connectivity index is 1.40. The van der Waals surface area contributed by atoms with Crippen LogP contribution in [0.15, 0.2) is 115 Å². The van der Waals surface area contributed by atoms with E-state index in [1.807, 2.05) is 78.9 Å². The van der Waals surface area contributed by atoms with Gasteiger partial charge < -0.3 is 16.0 Å². The number of aliphatic imine (C=N–C) groups is 1. The third kappa shape index (κ3) is 7.50. The molecule has 2 aliphatic rings. The van der Waals surface area contributed by atoms with E-state index >= 15 is 0 Å². The monoisotopic (exact) mass is 676 g/mol. The zero-order chi connectivity index (χ0) is 34.5. The summed E-state index contributed by atoms with van der Waals surface area (Å²) in [6.07, 6.45) is 4.11. The zero-order valence-electron chi connectivity index (χ0n) is 27.0. The number of hydrogen-bond donors (Lipinski definition) is 2. The Kier molecular flexibility index (Phi) is 10.3. The molecule has 0 bridgehead atoms. The molecule has 6 rings (SSSR count). The molecule has 7 nitrogen and oxygen atoms in total. The highest BCUT2D eigenvalue weighted by Crippen LogP contribution is 2.36. The summed E-state index contributed by atoms with van der Waals surface area (Å²) in [5.41, 5.74) is 10.9. The number of nitrogens with zero attached hydrogens (tertiary/aromatic N) is 2. The Morgan fingerprint density at radius 3 is 2.37 bits per heavy atom. The number of allylic oxidation sites excluding steroid dienone is 1. The first kappa shape index (κ1) is 33.8. The molecule has 4 aromatic rings. The van der Waals surface area contributed by atoms with Crippen molar-refractivity contribution < 1.29 is 18.8 Å². The molecule has 0 aromatic heterocycles. The Morgan fingerprint density at radius 2 is 1.67 bits per heavy atom. The van der Waals surface area contributed by atoms with Crippen LogP contribution in [0.3, 0.4) is 0 Å². The highest BCUT2D eigenvalue weighted by molar-refractivity contribution is 6.31. The predicted molar refractivity (Wildman–Crippen MR) is 191 cm³/mol. The summed E-state index contributed by atoms with van der Waals surface area (Å²) < 4.78 is 13.9. The molecule has 1 fully saturated rings. The quantitative estimate of drug-likeness (QED) is 0.152. The van der Waals surface area contributed by atoms with Gasteiger partial charge in [-0.2, -0.15) is 0 Å². The van der Waals surface area contributed by atoms with E-state index in [2.05, 4.69) is 11.9 Å². The Labute approximate surface area is 290 Å². The number of nitrogens with one attached hydrogen (secondary N) is 1. The minimum Gasteiger partial charge on any atom is -0.369 e. The van der Waals surface area contributed by atoms with E-state index in [1.54, 1.807) is 23.1 Å². The number of para-hydroxylation sites is 1. The number of fused-ring (bicyclic) bond motifs is 1. The number of amides is 3. The average molecular weight is 677 g/mol. The van der Waals surface area contributed by atoms with Crippen molar-refractivity contribution in [3.05, 3.63) is 137 Å². The molecule has 3 amide bonds. The second kappa shape index (κ2) is 15.0. The SMILES string of the molecule is C=CCC(C(N)=O)C(CC1CCC1)C(=O)NC1N=C(c2ccccc2)c2ccccc2N(Cc2cccc(-c3ccc(F)c(Cl)c3)c2)C1=O. The van der Waals surface area contributed by atoms with Crippen LogP contribution in [0.2, 0.25) is 5.02 Å². The fourth-order valence-corrected chi connectivity index (χ4v) is 6.84. The number of nitrogens with two attached hydrogens (primary N) is 1. The van der Waals surface area contributed by atoms with Crippen molar-refractivity contribution in [1.29, 1.82) is 0 Å². The van der Waals surface area contributed by atoms with Gasteiger partial charge in [-0.15, -0.1) is 6.58 Å². The van der Waals surface area contributed by atoms with Gasteiger partial charge in [0.2, 0.25) is 18.0 Å². The summed E-state index contributed by atoms with van der Waals surface area (Å²) in [7, 11) is 0. The number of anilines is 1. The first-order chi connectivity index (χ1) is 23.7. The molecule has 1 saturated carbocycles. The molecule has 9 heteroatoms.